The van der Waals surface area contributed by atoms with Gasteiger partial charge in [-0.2, -0.15) is 0 Å². The molecule has 0 fully saturated rings. The third-order valence-corrected chi connectivity index (χ3v) is 2.36. The molecule has 0 aliphatic carbocycles. The predicted molar refractivity (Wildman–Crippen MR) is 58.0 cm³/mol. The van der Waals surface area contributed by atoms with Gasteiger partial charge in [-0.05, 0) is 13.3 Å². The average molecular weight is 189 g/mol. The molecule has 0 saturated carbocycles. The predicted octanol–water partition coefficient (Wildman–Crippen LogP) is 2.94. The number of benzene rings is 1. The molecule has 1 rings (SSSR count). The quantitative estimate of drug-likeness (QED) is 0.574. The van der Waals surface area contributed by atoms with Gasteiger partial charge >= 0.3 is 0 Å². The standard InChI is InChI=1S/C12H15NO/c1-3-11(13)9(2)12(14)10-7-5-4-6-8-10/h4-9,13H,3H2,1-2H3. The number of ketones is 1. The molecule has 0 bridgehead atoms. The molecule has 0 amide bonds. The first-order chi connectivity index (χ1) is 6.66. The van der Waals surface area contributed by atoms with E-state index in [1.807, 2.05) is 25.1 Å². The van der Waals surface area contributed by atoms with E-state index in [9.17, 15) is 4.79 Å². The molecule has 74 valence electrons. The molecule has 2 nitrogen and oxygen atoms in total. The molecule has 0 heterocycles. The van der Waals surface area contributed by atoms with Crippen LogP contribution in [-0.4, -0.2) is 11.5 Å². The van der Waals surface area contributed by atoms with Gasteiger partial charge in [0.1, 0.15) is 0 Å². The second kappa shape index (κ2) is 4.70. The molecule has 1 unspecified atom stereocenters. The van der Waals surface area contributed by atoms with Crippen LogP contribution in [-0.2, 0) is 0 Å². The van der Waals surface area contributed by atoms with E-state index < -0.39 is 0 Å². The molecule has 2 heteroatoms. The molecule has 0 spiro atoms. The van der Waals surface area contributed by atoms with E-state index in [4.69, 9.17) is 5.41 Å². The maximum atomic E-state index is 11.8. The van der Waals surface area contributed by atoms with Crippen molar-refractivity contribution in [3.8, 4) is 0 Å². The Hall–Kier alpha value is -1.44. The number of hydrogen-bond acceptors (Lipinski definition) is 2. The third-order valence-electron chi connectivity index (χ3n) is 2.36. The van der Waals surface area contributed by atoms with Crippen LogP contribution in [0.25, 0.3) is 0 Å². The Morgan fingerprint density at radius 2 is 1.93 bits per heavy atom. The fourth-order valence-electron chi connectivity index (χ4n) is 1.32. The van der Waals surface area contributed by atoms with Gasteiger partial charge in [0.15, 0.2) is 5.78 Å². The number of hydrogen-bond donors (Lipinski definition) is 1. The van der Waals surface area contributed by atoms with Crippen LogP contribution < -0.4 is 0 Å². The lowest BCUT2D eigenvalue weighted by Gasteiger charge is -2.10. The minimum atomic E-state index is -0.289. The van der Waals surface area contributed by atoms with E-state index >= 15 is 0 Å². The van der Waals surface area contributed by atoms with Crippen LogP contribution >= 0.6 is 0 Å². The number of Topliss-reactive ketones (excluding diaryl/α,β-unsaturated/α-hetero) is 1. The monoisotopic (exact) mass is 189 g/mol. The first-order valence-corrected chi connectivity index (χ1v) is 4.83. The summed E-state index contributed by atoms with van der Waals surface area (Å²) in [5, 5.41) is 7.60. The van der Waals surface area contributed by atoms with Crippen molar-refractivity contribution in [2.75, 3.05) is 0 Å². The Morgan fingerprint density at radius 3 is 2.43 bits per heavy atom. The summed E-state index contributed by atoms with van der Waals surface area (Å²) < 4.78 is 0. The fourth-order valence-corrected chi connectivity index (χ4v) is 1.32. The van der Waals surface area contributed by atoms with Crippen LogP contribution in [0.4, 0.5) is 0 Å². The van der Waals surface area contributed by atoms with Crippen LogP contribution in [0.3, 0.4) is 0 Å². The van der Waals surface area contributed by atoms with Gasteiger partial charge in [-0.25, -0.2) is 0 Å². The van der Waals surface area contributed by atoms with Crippen LogP contribution in [0.5, 0.6) is 0 Å². The highest BCUT2D eigenvalue weighted by molar-refractivity contribution is 6.11. The summed E-state index contributed by atoms with van der Waals surface area (Å²) in [7, 11) is 0. The summed E-state index contributed by atoms with van der Waals surface area (Å²) in [6, 6.07) is 9.15. The zero-order valence-corrected chi connectivity index (χ0v) is 8.58. The van der Waals surface area contributed by atoms with Gasteiger partial charge < -0.3 is 5.41 Å². The molecule has 0 aliphatic rings. The summed E-state index contributed by atoms with van der Waals surface area (Å²) in [5.41, 5.74) is 1.19. The number of carbonyl (C=O) groups excluding carboxylic acids is 1. The molecular weight excluding hydrogens is 174 g/mol. The SMILES string of the molecule is CCC(=N)C(C)C(=O)c1ccccc1. The van der Waals surface area contributed by atoms with Gasteiger partial charge in [-0.3, -0.25) is 4.79 Å². The van der Waals surface area contributed by atoms with Gasteiger partial charge in [0.2, 0.25) is 0 Å². The highest BCUT2D eigenvalue weighted by Crippen LogP contribution is 2.10. The van der Waals surface area contributed by atoms with E-state index in [0.717, 1.165) is 0 Å². The summed E-state index contributed by atoms with van der Waals surface area (Å²) in [5.74, 6) is -0.250. The minimum absolute atomic E-state index is 0.0393. The van der Waals surface area contributed by atoms with E-state index in [2.05, 4.69) is 0 Å². The van der Waals surface area contributed by atoms with Gasteiger partial charge in [-0.1, -0.05) is 37.3 Å². The highest BCUT2D eigenvalue weighted by Gasteiger charge is 2.17. The molecule has 0 aromatic heterocycles. The Labute approximate surface area is 84.5 Å². The molecule has 1 aromatic rings. The maximum Gasteiger partial charge on any atom is 0.171 e. The Kier molecular flexibility index (Phi) is 3.57. The fraction of sp³-hybridized carbons (Fsp3) is 0.333. The first-order valence-electron chi connectivity index (χ1n) is 4.83. The third kappa shape index (κ3) is 2.28. The van der Waals surface area contributed by atoms with E-state index in [1.54, 1.807) is 19.1 Å². The van der Waals surface area contributed by atoms with Crippen molar-refractivity contribution >= 4 is 11.5 Å². The van der Waals surface area contributed by atoms with Gasteiger partial charge in [-0.15, -0.1) is 0 Å². The van der Waals surface area contributed by atoms with Crippen molar-refractivity contribution in [3.05, 3.63) is 35.9 Å². The molecular formula is C12H15NO. The highest BCUT2D eigenvalue weighted by atomic mass is 16.1. The molecule has 0 aliphatic heterocycles. The number of carbonyl (C=O) groups is 1. The van der Waals surface area contributed by atoms with Gasteiger partial charge in [0, 0.05) is 11.3 Å². The zero-order valence-electron chi connectivity index (χ0n) is 8.58. The minimum Gasteiger partial charge on any atom is -0.309 e. The smallest absolute Gasteiger partial charge is 0.171 e. The van der Waals surface area contributed by atoms with Crippen molar-refractivity contribution in [3.63, 3.8) is 0 Å². The average Bonchev–Trinajstić information content (AvgIpc) is 2.27. The lowest BCUT2D eigenvalue weighted by atomic mass is 9.94. The second-order valence-corrected chi connectivity index (χ2v) is 3.33. The van der Waals surface area contributed by atoms with E-state index in [1.165, 1.54) is 0 Å². The van der Waals surface area contributed by atoms with Crippen molar-refractivity contribution in [2.45, 2.75) is 20.3 Å². The Morgan fingerprint density at radius 1 is 1.36 bits per heavy atom. The van der Waals surface area contributed by atoms with Crippen molar-refractivity contribution in [1.82, 2.24) is 0 Å². The lowest BCUT2D eigenvalue weighted by molar-refractivity contribution is 0.0960. The molecule has 14 heavy (non-hydrogen) atoms. The summed E-state index contributed by atoms with van der Waals surface area (Å²) in [6.45, 7) is 3.69. The topological polar surface area (TPSA) is 40.9 Å². The molecule has 1 atom stereocenters. The number of nitrogens with one attached hydrogen (secondary N) is 1. The van der Waals surface area contributed by atoms with Gasteiger partial charge in [0.25, 0.3) is 0 Å². The van der Waals surface area contributed by atoms with Crippen molar-refractivity contribution in [1.29, 1.82) is 5.41 Å². The molecule has 0 radical (unpaired) electrons. The van der Waals surface area contributed by atoms with Crippen molar-refractivity contribution in [2.24, 2.45) is 5.92 Å². The summed E-state index contributed by atoms with van der Waals surface area (Å²) in [4.78, 5) is 11.8. The van der Waals surface area contributed by atoms with Gasteiger partial charge in [0.05, 0.1) is 5.92 Å². The second-order valence-electron chi connectivity index (χ2n) is 3.33. The van der Waals surface area contributed by atoms with Crippen LogP contribution in [0.15, 0.2) is 30.3 Å². The Bertz CT molecular complexity index is 329. The number of rotatable bonds is 4. The molecule has 0 saturated heterocycles. The summed E-state index contributed by atoms with van der Waals surface area (Å²) in [6.07, 6.45) is 0.639. The van der Waals surface area contributed by atoms with E-state index in [-0.39, 0.29) is 11.7 Å². The zero-order chi connectivity index (χ0) is 10.6. The largest absolute Gasteiger partial charge is 0.309 e. The Balaban J connectivity index is 2.81. The van der Waals surface area contributed by atoms with Crippen LogP contribution in [0.2, 0.25) is 0 Å². The van der Waals surface area contributed by atoms with Crippen LogP contribution in [0.1, 0.15) is 30.6 Å². The summed E-state index contributed by atoms with van der Waals surface area (Å²) >= 11 is 0. The van der Waals surface area contributed by atoms with E-state index in [0.29, 0.717) is 17.7 Å². The van der Waals surface area contributed by atoms with Crippen molar-refractivity contribution < 1.29 is 4.79 Å². The first kappa shape index (κ1) is 10.6. The molecule has 1 aromatic carbocycles. The normalized spacial score (nSPS) is 12.1. The maximum absolute atomic E-state index is 11.8. The van der Waals surface area contributed by atoms with Crippen LogP contribution in [0, 0.1) is 11.3 Å². The molecule has 1 N–H and O–H groups in total. The lowest BCUT2D eigenvalue weighted by Crippen LogP contribution is -2.19.